The molecule has 1 saturated heterocycles. The van der Waals surface area contributed by atoms with Crippen LogP contribution in [0.1, 0.15) is 26.9 Å². The van der Waals surface area contributed by atoms with Crippen LogP contribution in [0.25, 0.3) is 0 Å². The second-order valence-corrected chi connectivity index (χ2v) is 6.33. The standard InChI is InChI=1S/C17H17N3O2S/c18-19-16(22)13-6-8-14(9-7-13)17-20(15(21)11-23-17)10-12-4-2-1-3-5-12/h1-9,17H,10-11,18H2,(H,19,22)/t17-/m1/s1. The van der Waals surface area contributed by atoms with Crippen LogP contribution in [0, 0.1) is 0 Å². The molecule has 0 spiro atoms. The van der Waals surface area contributed by atoms with Crippen LogP contribution in [0.3, 0.4) is 0 Å². The molecule has 0 unspecified atom stereocenters. The molecule has 3 rings (SSSR count). The van der Waals surface area contributed by atoms with E-state index in [2.05, 4.69) is 5.43 Å². The molecular weight excluding hydrogens is 310 g/mol. The molecule has 118 valence electrons. The SMILES string of the molecule is NNC(=O)c1ccc([C@H]2SCC(=O)N2Cc2ccccc2)cc1. The average molecular weight is 327 g/mol. The Hall–Kier alpha value is -2.31. The number of nitrogens with one attached hydrogen (secondary N) is 1. The minimum Gasteiger partial charge on any atom is -0.322 e. The van der Waals surface area contributed by atoms with Gasteiger partial charge in [0.25, 0.3) is 5.91 Å². The van der Waals surface area contributed by atoms with Crippen molar-refractivity contribution < 1.29 is 9.59 Å². The molecule has 0 saturated carbocycles. The fraction of sp³-hybridized carbons (Fsp3) is 0.176. The number of thioether (sulfide) groups is 1. The first-order valence-corrected chi connectivity index (χ1v) is 8.30. The van der Waals surface area contributed by atoms with Crippen molar-refractivity contribution in [1.82, 2.24) is 10.3 Å². The zero-order valence-corrected chi connectivity index (χ0v) is 13.3. The number of nitrogens with two attached hydrogens (primary N) is 1. The third-order valence-electron chi connectivity index (χ3n) is 3.75. The van der Waals surface area contributed by atoms with Gasteiger partial charge in [0.1, 0.15) is 5.37 Å². The van der Waals surface area contributed by atoms with Gasteiger partial charge in [-0.05, 0) is 23.3 Å². The quantitative estimate of drug-likeness (QED) is 0.512. The molecule has 5 nitrogen and oxygen atoms in total. The largest absolute Gasteiger partial charge is 0.322 e. The number of benzene rings is 2. The Balaban J connectivity index is 1.80. The lowest BCUT2D eigenvalue weighted by Gasteiger charge is -2.24. The molecule has 0 aliphatic carbocycles. The Bertz CT molecular complexity index is 704. The van der Waals surface area contributed by atoms with E-state index in [-0.39, 0.29) is 17.2 Å². The van der Waals surface area contributed by atoms with Gasteiger partial charge in [-0.2, -0.15) is 0 Å². The van der Waals surface area contributed by atoms with Crippen molar-refractivity contribution in [2.45, 2.75) is 11.9 Å². The molecule has 1 atom stereocenters. The number of nitrogen functional groups attached to an aromatic ring is 1. The second-order valence-electron chi connectivity index (χ2n) is 5.27. The fourth-order valence-electron chi connectivity index (χ4n) is 2.56. The highest BCUT2D eigenvalue weighted by Gasteiger charge is 2.32. The molecule has 0 bridgehead atoms. The van der Waals surface area contributed by atoms with Gasteiger partial charge in [-0.15, -0.1) is 11.8 Å². The topological polar surface area (TPSA) is 75.4 Å². The van der Waals surface area contributed by atoms with Crippen LogP contribution in [-0.2, 0) is 11.3 Å². The predicted octanol–water partition coefficient (Wildman–Crippen LogP) is 2.06. The summed E-state index contributed by atoms with van der Waals surface area (Å²) in [4.78, 5) is 25.6. The summed E-state index contributed by atoms with van der Waals surface area (Å²) in [6.45, 7) is 0.586. The number of hydrogen-bond donors (Lipinski definition) is 2. The normalized spacial score (nSPS) is 17.3. The number of nitrogens with zero attached hydrogens (tertiary/aromatic N) is 1. The highest BCUT2D eigenvalue weighted by molar-refractivity contribution is 8.00. The van der Waals surface area contributed by atoms with Gasteiger partial charge in [-0.3, -0.25) is 15.0 Å². The average Bonchev–Trinajstić information content (AvgIpc) is 2.96. The summed E-state index contributed by atoms with van der Waals surface area (Å²) in [5.74, 6) is 5.41. The molecule has 23 heavy (non-hydrogen) atoms. The maximum Gasteiger partial charge on any atom is 0.265 e. The molecule has 1 aliphatic rings. The van der Waals surface area contributed by atoms with Crippen LogP contribution >= 0.6 is 11.8 Å². The third-order valence-corrected chi connectivity index (χ3v) is 5.01. The maximum atomic E-state index is 12.2. The summed E-state index contributed by atoms with van der Waals surface area (Å²) >= 11 is 1.60. The molecular formula is C17H17N3O2S. The zero-order valence-electron chi connectivity index (χ0n) is 12.4. The summed E-state index contributed by atoms with van der Waals surface area (Å²) in [6.07, 6.45) is 0. The van der Waals surface area contributed by atoms with Crippen LogP contribution in [0.15, 0.2) is 54.6 Å². The van der Waals surface area contributed by atoms with Crippen LogP contribution < -0.4 is 11.3 Å². The lowest BCUT2D eigenvalue weighted by molar-refractivity contribution is -0.128. The molecule has 2 amide bonds. The summed E-state index contributed by atoms with van der Waals surface area (Å²) < 4.78 is 0. The Kier molecular flexibility index (Phi) is 4.64. The van der Waals surface area contributed by atoms with Gasteiger partial charge in [0, 0.05) is 12.1 Å². The van der Waals surface area contributed by atoms with E-state index in [1.807, 2.05) is 47.4 Å². The van der Waals surface area contributed by atoms with E-state index in [9.17, 15) is 9.59 Å². The third kappa shape index (κ3) is 3.38. The molecule has 2 aromatic rings. The van der Waals surface area contributed by atoms with Crippen LogP contribution in [0.4, 0.5) is 0 Å². The molecule has 0 aromatic heterocycles. The molecule has 2 aromatic carbocycles. The summed E-state index contributed by atoms with van der Waals surface area (Å²) in [6, 6.07) is 17.1. The first kappa shape index (κ1) is 15.6. The molecule has 1 heterocycles. The number of rotatable bonds is 4. The van der Waals surface area contributed by atoms with Gasteiger partial charge in [0.05, 0.1) is 5.75 Å². The zero-order chi connectivity index (χ0) is 16.2. The summed E-state index contributed by atoms with van der Waals surface area (Å²) in [5.41, 5.74) is 4.72. The minimum atomic E-state index is -0.326. The van der Waals surface area contributed by atoms with Gasteiger partial charge in [0.2, 0.25) is 5.91 Å². The van der Waals surface area contributed by atoms with Crippen LogP contribution in [0.5, 0.6) is 0 Å². The van der Waals surface area contributed by atoms with Crippen LogP contribution in [0.2, 0.25) is 0 Å². The molecule has 6 heteroatoms. The Morgan fingerprint density at radius 3 is 2.52 bits per heavy atom. The minimum absolute atomic E-state index is 0.0299. The Morgan fingerprint density at radius 1 is 1.17 bits per heavy atom. The van der Waals surface area contributed by atoms with Crippen molar-refractivity contribution in [2.75, 3.05) is 5.75 Å². The number of amides is 2. The van der Waals surface area contributed by atoms with Crippen molar-refractivity contribution in [3.05, 3.63) is 71.3 Å². The molecule has 1 aliphatic heterocycles. The lowest BCUT2D eigenvalue weighted by atomic mass is 10.1. The molecule has 0 radical (unpaired) electrons. The van der Waals surface area contributed by atoms with Crippen molar-refractivity contribution in [2.24, 2.45) is 5.84 Å². The molecule has 1 fully saturated rings. The number of carbonyl (C=O) groups excluding carboxylic acids is 2. The maximum absolute atomic E-state index is 12.2. The lowest BCUT2D eigenvalue weighted by Crippen LogP contribution is -2.30. The van der Waals surface area contributed by atoms with Gasteiger partial charge in [0.15, 0.2) is 0 Å². The first-order chi connectivity index (χ1) is 11.2. The fourth-order valence-corrected chi connectivity index (χ4v) is 3.75. The van der Waals surface area contributed by atoms with E-state index in [1.54, 1.807) is 23.9 Å². The first-order valence-electron chi connectivity index (χ1n) is 7.25. The smallest absolute Gasteiger partial charge is 0.265 e. The van der Waals surface area contributed by atoms with Gasteiger partial charge in [-0.25, -0.2) is 5.84 Å². The van der Waals surface area contributed by atoms with E-state index in [0.29, 0.717) is 17.9 Å². The van der Waals surface area contributed by atoms with Crippen molar-refractivity contribution in [3.63, 3.8) is 0 Å². The second kappa shape index (κ2) is 6.85. The number of carbonyl (C=O) groups is 2. The van der Waals surface area contributed by atoms with Crippen molar-refractivity contribution in [1.29, 1.82) is 0 Å². The van der Waals surface area contributed by atoms with Crippen LogP contribution in [-0.4, -0.2) is 22.5 Å². The monoisotopic (exact) mass is 327 g/mol. The van der Waals surface area contributed by atoms with E-state index in [4.69, 9.17) is 5.84 Å². The van der Waals surface area contributed by atoms with Crippen molar-refractivity contribution in [3.8, 4) is 0 Å². The van der Waals surface area contributed by atoms with E-state index >= 15 is 0 Å². The van der Waals surface area contributed by atoms with E-state index < -0.39 is 0 Å². The predicted molar refractivity (Wildman–Crippen MR) is 90.3 cm³/mol. The highest BCUT2D eigenvalue weighted by Crippen LogP contribution is 2.39. The highest BCUT2D eigenvalue weighted by atomic mass is 32.2. The van der Waals surface area contributed by atoms with E-state index in [0.717, 1.165) is 11.1 Å². The van der Waals surface area contributed by atoms with Gasteiger partial charge >= 0.3 is 0 Å². The number of hydrogen-bond acceptors (Lipinski definition) is 4. The molecule has 3 N–H and O–H groups in total. The number of hydrazine groups is 1. The Morgan fingerprint density at radius 2 is 1.87 bits per heavy atom. The van der Waals surface area contributed by atoms with E-state index in [1.165, 1.54) is 0 Å². The Labute approximate surface area is 138 Å². The summed E-state index contributed by atoms with van der Waals surface area (Å²) in [5, 5.41) is -0.0299. The van der Waals surface area contributed by atoms with Gasteiger partial charge < -0.3 is 4.90 Å². The summed E-state index contributed by atoms with van der Waals surface area (Å²) in [7, 11) is 0. The van der Waals surface area contributed by atoms with Crippen molar-refractivity contribution >= 4 is 23.6 Å². The van der Waals surface area contributed by atoms with Gasteiger partial charge in [-0.1, -0.05) is 42.5 Å².